The van der Waals surface area contributed by atoms with Crippen LogP contribution in [0.5, 0.6) is 0 Å². The molecule has 80 heavy (non-hydrogen) atoms. The number of esters is 6. The number of aliphatic hydroxyl groups is 6. The second kappa shape index (κ2) is 29.1. The summed E-state index contributed by atoms with van der Waals surface area (Å²) >= 11 is 0. The first-order chi connectivity index (χ1) is 37.4. The van der Waals surface area contributed by atoms with Crippen molar-refractivity contribution in [3.8, 4) is 0 Å². The zero-order valence-corrected chi connectivity index (χ0v) is 46.8. The Morgan fingerprint density at radius 1 is 0.588 bits per heavy atom. The van der Waals surface area contributed by atoms with Gasteiger partial charge in [-0.1, -0.05) is 135 Å². The number of hydrogen-bond donors (Lipinski definition) is 6. The third kappa shape index (κ3) is 18.5. The first kappa shape index (κ1) is 65.0. The fraction of sp³-hybridized carbons (Fsp3) is 0.467. The molecule has 0 aromatic heterocycles. The molecular formula is C60H74O20. The summed E-state index contributed by atoms with van der Waals surface area (Å²) in [5.74, 6) is -8.32. The summed E-state index contributed by atoms with van der Waals surface area (Å²) in [6, 6.07) is 0. The molecule has 0 aromatic carbocycles. The minimum absolute atomic E-state index is 0.213. The Hall–Kier alpha value is -7.52. The summed E-state index contributed by atoms with van der Waals surface area (Å²) in [6.07, 6.45) is 13.9. The van der Waals surface area contributed by atoms with E-state index in [-0.39, 0.29) is 24.4 Å². The number of Topliss-reactive ketones (excluding diaryl/α,β-unsaturated/α-hetero) is 2. The van der Waals surface area contributed by atoms with Crippen molar-refractivity contribution in [2.45, 2.75) is 157 Å². The van der Waals surface area contributed by atoms with E-state index in [9.17, 15) is 69.0 Å². The normalized spacial score (nSPS) is 24.9. The lowest BCUT2D eigenvalue weighted by Gasteiger charge is -2.36. The van der Waals surface area contributed by atoms with Crippen LogP contribution in [0.1, 0.15) is 108 Å². The quantitative estimate of drug-likeness (QED) is 0.0352. The van der Waals surface area contributed by atoms with Crippen LogP contribution in [-0.4, -0.2) is 140 Å². The van der Waals surface area contributed by atoms with Crippen molar-refractivity contribution in [3.63, 3.8) is 0 Å². The summed E-state index contributed by atoms with van der Waals surface area (Å²) in [7, 11) is 0. The highest BCUT2D eigenvalue weighted by Crippen LogP contribution is 2.42. The maximum atomic E-state index is 13.3. The van der Waals surface area contributed by atoms with E-state index in [1.54, 1.807) is 13.8 Å². The van der Waals surface area contributed by atoms with Gasteiger partial charge >= 0.3 is 35.8 Å². The third-order valence-electron chi connectivity index (χ3n) is 13.5. The van der Waals surface area contributed by atoms with Crippen molar-refractivity contribution in [2.24, 2.45) is 10.8 Å². The van der Waals surface area contributed by atoms with Gasteiger partial charge in [0.2, 0.25) is 5.76 Å². The Balaban J connectivity index is 1.20. The van der Waals surface area contributed by atoms with Crippen molar-refractivity contribution in [1.29, 1.82) is 0 Å². The standard InChI is InChI=1S/C60H74O20/c1-33(17-13-19-35(3)21-23-39-37(5)49(67)43(29-59(39,7)8)77-47(65)27-25-45(63)75-31-41(61)55-51(69)53(71)57(73)79-55)15-11-12-16-34(2)18-14-20-36(4)22-24-40-38(6)50(68)44(30-60(40,9)10)78-48(66)28-26-46(64)76-32-42(62)56-52(70)54(72)58(74)80-56/h11-24,41-44,51,53,55-56,61-62,69-72H,25-32H2,1-10H3/b12-11+,17-13+,18-14+,23-21+,24-22+,33-15+,34-16+,35-19+,36-20+. The van der Waals surface area contributed by atoms with Crippen molar-refractivity contribution >= 4 is 47.4 Å². The van der Waals surface area contributed by atoms with Crippen LogP contribution in [0, 0.1) is 10.8 Å². The van der Waals surface area contributed by atoms with E-state index in [0.717, 1.165) is 33.4 Å². The average Bonchev–Trinajstić information content (AvgIpc) is 3.83. The molecule has 0 bridgehead atoms. The lowest BCUT2D eigenvalue weighted by atomic mass is 9.71. The first-order valence-electron chi connectivity index (χ1n) is 26.0. The first-order valence-corrected chi connectivity index (χ1v) is 26.0. The van der Waals surface area contributed by atoms with E-state index >= 15 is 0 Å². The molecule has 2 aliphatic carbocycles. The highest BCUT2D eigenvalue weighted by molar-refractivity contribution is 6.02. The number of allylic oxidation sites excluding steroid dienone is 20. The molecule has 0 saturated carbocycles. The van der Waals surface area contributed by atoms with E-state index in [1.165, 1.54) is 0 Å². The fourth-order valence-electron chi connectivity index (χ4n) is 8.91. The van der Waals surface area contributed by atoms with Gasteiger partial charge in [0, 0.05) is 12.8 Å². The molecule has 2 aliphatic heterocycles. The smallest absolute Gasteiger partial charge is 0.377 e. The molecule has 4 aliphatic rings. The maximum absolute atomic E-state index is 13.3. The molecule has 0 amide bonds. The third-order valence-corrected chi connectivity index (χ3v) is 13.5. The zero-order valence-electron chi connectivity index (χ0n) is 46.8. The number of carbonyl (C=O) groups is 8. The van der Waals surface area contributed by atoms with Gasteiger partial charge in [0.1, 0.15) is 31.5 Å². The summed E-state index contributed by atoms with van der Waals surface area (Å²) < 4.78 is 30.1. The summed E-state index contributed by atoms with van der Waals surface area (Å²) in [6.45, 7) is 17.6. The van der Waals surface area contributed by atoms with Crippen LogP contribution >= 0.6 is 0 Å². The van der Waals surface area contributed by atoms with Crippen molar-refractivity contribution in [3.05, 3.63) is 141 Å². The van der Waals surface area contributed by atoms with Crippen LogP contribution in [0.25, 0.3) is 0 Å². The van der Waals surface area contributed by atoms with Crippen LogP contribution < -0.4 is 0 Å². The minimum Gasteiger partial charge on any atom is -0.505 e. The lowest BCUT2D eigenvalue weighted by Crippen LogP contribution is -2.41. The fourth-order valence-corrected chi connectivity index (χ4v) is 8.91. The van der Waals surface area contributed by atoms with Crippen molar-refractivity contribution < 1.29 is 97.4 Å². The van der Waals surface area contributed by atoms with E-state index in [4.69, 9.17) is 23.7 Å². The second-order valence-corrected chi connectivity index (χ2v) is 21.2. The molecule has 20 nitrogen and oxygen atoms in total. The molecule has 0 radical (unpaired) electrons. The van der Waals surface area contributed by atoms with Gasteiger partial charge in [-0.3, -0.25) is 28.8 Å². The van der Waals surface area contributed by atoms with Gasteiger partial charge in [0.25, 0.3) is 0 Å². The number of ketones is 2. The Morgan fingerprint density at radius 3 is 1.36 bits per heavy atom. The number of hydrogen-bond acceptors (Lipinski definition) is 20. The van der Waals surface area contributed by atoms with Crippen LogP contribution in [0.2, 0.25) is 0 Å². The highest BCUT2D eigenvalue weighted by atomic mass is 16.6. The SMILES string of the molecule is CC1=C(/C=C/C(C)=C/C=C/C(C)=C/C=C/C=C(C)/C=C/C=C(C)/C=C/C2=C(C)C(=O)C(OC(=O)CCC(=O)OCC(O)C3OC(=O)C(O)C3O)CC2(C)C)C(C)(C)CC(OC(=O)CCC(=O)OCC(O)C2OC(=O)C(O)=C2O)C1=O. The van der Waals surface area contributed by atoms with Crippen molar-refractivity contribution in [2.75, 3.05) is 13.2 Å². The average molecular weight is 1120 g/mol. The van der Waals surface area contributed by atoms with E-state index < -0.39 is 146 Å². The maximum Gasteiger partial charge on any atom is 0.377 e. The zero-order chi connectivity index (χ0) is 59.8. The number of ether oxygens (including phenoxy) is 6. The van der Waals surface area contributed by atoms with Crippen LogP contribution in [0.4, 0.5) is 0 Å². The molecule has 0 spiro atoms. The predicted octanol–water partition coefficient (Wildman–Crippen LogP) is 6.28. The summed E-state index contributed by atoms with van der Waals surface area (Å²) in [4.78, 5) is 99.1. The molecule has 0 aromatic rings. The molecule has 8 atom stereocenters. The van der Waals surface area contributed by atoms with Gasteiger partial charge in [-0.15, -0.1) is 0 Å². The Labute approximate surface area is 465 Å². The summed E-state index contributed by atoms with van der Waals surface area (Å²) in [5, 5.41) is 58.6. The number of rotatable bonds is 24. The van der Waals surface area contributed by atoms with E-state index in [2.05, 4.69) is 4.74 Å². The molecule has 1 fully saturated rings. The highest BCUT2D eigenvalue weighted by Gasteiger charge is 2.47. The van der Waals surface area contributed by atoms with E-state index in [0.29, 0.717) is 11.1 Å². The molecule has 4 rings (SSSR count). The van der Waals surface area contributed by atoms with Gasteiger partial charge in [-0.25, -0.2) is 9.59 Å². The minimum atomic E-state index is -1.82. The van der Waals surface area contributed by atoms with Gasteiger partial charge in [-0.05, 0) is 74.7 Å². The van der Waals surface area contributed by atoms with E-state index in [1.807, 2.05) is 140 Å². The van der Waals surface area contributed by atoms with Crippen LogP contribution in [-0.2, 0) is 66.8 Å². The Morgan fingerprint density at radius 2 is 0.975 bits per heavy atom. The number of aliphatic hydroxyl groups excluding tert-OH is 6. The second-order valence-electron chi connectivity index (χ2n) is 21.2. The van der Waals surface area contributed by atoms with Crippen LogP contribution in [0.15, 0.2) is 141 Å². The van der Waals surface area contributed by atoms with Crippen molar-refractivity contribution in [1.82, 2.24) is 0 Å². The van der Waals surface area contributed by atoms with Crippen LogP contribution in [0.3, 0.4) is 0 Å². The Bertz CT molecular complexity index is 2800. The summed E-state index contributed by atoms with van der Waals surface area (Å²) in [5.41, 5.74) is 5.27. The molecule has 20 heteroatoms. The largest absolute Gasteiger partial charge is 0.505 e. The Kier molecular flexibility index (Phi) is 23.6. The van der Waals surface area contributed by atoms with Gasteiger partial charge < -0.3 is 59.1 Å². The van der Waals surface area contributed by atoms with Gasteiger partial charge in [0.05, 0.1) is 25.7 Å². The molecular weight excluding hydrogens is 1040 g/mol. The number of cyclic esters (lactones) is 2. The molecule has 1 saturated heterocycles. The molecule has 6 N–H and O–H groups in total. The topological polar surface area (TPSA) is 313 Å². The van der Waals surface area contributed by atoms with Gasteiger partial charge in [-0.2, -0.15) is 0 Å². The molecule has 8 unspecified atom stereocenters. The lowest BCUT2D eigenvalue weighted by molar-refractivity contribution is -0.161. The monoisotopic (exact) mass is 1110 g/mol. The molecule has 2 heterocycles. The number of carbonyl (C=O) groups excluding carboxylic acids is 8. The van der Waals surface area contributed by atoms with Gasteiger partial charge in [0.15, 0.2) is 47.8 Å². The predicted molar refractivity (Wildman–Crippen MR) is 289 cm³/mol. The molecule has 434 valence electrons.